The Bertz CT molecular complexity index is 1160. The first kappa shape index (κ1) is 17.4. The average molecular weight is 384 g/mol. The van der Waals surface area contributed by atoms with Crippen LogP contribution in [0.5, 0.6) is 5.75 Å². The minimum atomic E-state index is -0.0237. The molecule has 144 valence electrons. The standard InChI is InChI=1S/C23H20N4O2/c28-23-22-14-18(16-29-19-7-2-1-3-8-19)25-27(22)13-12-26(23)15-21-20-9-5-4-6-17(20)10-11-24-21/h1-11,14H,12-13,15-16H2. The summed E-state index contributed by atoms with van der Waals surface area (Å²) in [4.78, 5) is 19.4. The molecule has 0 bridgehead atoms. The van der Waals surface area contributed by atoms with E-state index in [0.717, 1.165) is 27.9 Å². The monoisotopic (exact) mass is 384 g/mol. The number of carbonyl (C=O) groups is 1. The van der Waals surface area contributed by atoms with Gasteiger partial charge in [0.1, 0.15) is 23.7 Å². The minimum absolute atomic E-state index is 0.0237. The first-order chi connectivity index (χ1) is 14.3. The first-order valence-corrected chi connectivity index (χ1v) is 9.64. The van der Waals surface area contributed by atoms with Crippen LogP contribution < -0.4 is 4.74 Å². The van der Waals surface area contributed by atoms with Gasteiger partial charge in [-0.05, 0) is 29.7 Å². The number of nitrogens with zero attached hydrogens (tertiary/aromatic N) is 4. The van der Waals surface area contributed by atoms with Crippen molar-refractivity contribution < 1.29 is 9.53 Å². The Kier molecular flexibility index (Phi) is 4.44. The van der Waals surface area contributed by atoms with Crippen molar-refractivity contribution in [3.63, 3.8) is 0 Å². The Balaban J connectivity index is 1.33. The molecule has 1 amide bonds. The summed E-state index contributed by atoms with van der Waals surface area (Å²) >= 11 is 0. The van der Waals surface area contributed by atoms with Gasteiger partial charge in [0.2, 0.25) is 0 Å². The van der Waals surface area contributed by atoms with E-state index in [2.05, 4.69) is 22.2 Å². The number of aromatic nitrogens is 3. The molecule has 0 spiro atoms. The fraction of sp³-hybridized carbons (Fsp3) is 0.174. The average Bonchev–Trinajstić information content (AvgIpc) is 3.19. The summed E-state index contributed by atoms with van der Waals surface area (Å²) in [5.74, 6) is 0.762. The SMILES string of the molecule is O=C1c2cc(COc3ccccc3)nn2CCN1Cc1nccc2ccccc12. The van der Waals surface area contributed by atoms with Crippen LogP contribution >= 0.6 is 0 Å². The minimum Gasteiger partial charge on any atom is -0.487 e. The number of hydrogen-bond acceptors (Lipinski definition) is 4. The molecule has 6 nitrogen and oxygen atoms in total. The van der Waals surface area contributed by atoms with Crippen molar-refractivity contribution in [1.29, 1.82) is 0 Å². The van der Waals surface area contributed by atoms with E-state index < -0.39 is 0 Å². The number of carbonyl (C=O) groups excluding carboxylic acids is 1. The third-order valence-electron chi connectivity index (χ3n) is 5.15. The Morgan fingerprint density at radius 2 is 1.79 bits per heavy atom. The van der Waals surface area contributed by atoms with Crippen molar-refractivity contribution >= 4 is 16.7 Å². The van der Waals surface area contributed by atoms with Gasteiger partial charge >= 0.3 is 0 Å². The molecule has 1 aliphatic rings. The number of ether oxygens (including phenoxy) is 1. The van der Waals surface area contributed by atoms with Gasteiger partial charge in [-0.3, -0.25) is 14.5 Å². The van der Waals surface area contributed by atoms with Gasteiger partial charge in [-0.2, -0.15) is 5.10 Å². The van der Waals surface area contributed by atoms with E-state index >= 15 is 0 Å². The summed E-state index contributed by atoms with van der Waals surface area (Å²) in [6.45, 7) is 2.10. The van der Waals surface area contributed by atoms with Crippen LogP contribution in [0.4, 0.5) is 0 Å². The van der Waals surface area contributed by atoms with Gasteiger partial charge < -0.3 is 9.64 Å². The van der Waals surface area contributed by atoms with E-state index in [9.17, 15) is 4.79 Å². The smallest absolute Gasteiger partial charge is 0.272 e. The quantitative estimate of drug-likeness (QED) is 0.527. The predicted molar refractivity (Wildman–Crippen MR) is 109 cm³/mol. The van der Waals surface area contributed by atoms with Crippen molar-refractivity contribution in [2.75, 3.05) is 6.54 Å². The number of benzene rings is 2. The van der Waals surface area contributed by atoms with Gasteiger partial charge in [-0.25, -0.2) is 0 Å². The van der Waals surface area contributed by atoms with Crippen LogP contribution in [0.15, 0.2) is 72.9 Å². The van der Waals surface area contributed by atoms with Crippen LogP contribution in [-0.2, 0) is 19.7 Å². The topological polar surface area (TPSA) is 60.2 Å². The van der Waals surface area contributed by atoms with E-state index in [4.69, 9.17) is 4.74 Å². The fourth-order valence-corrected chi connectivity index (χ4v) is 3.68. The Hall–Kier alpha value is -3.67. The summed E-state index contributed by atoms with van der Waals surface area (Å²) in [5.41, 5.74) is 2.27. The first-order valence-electron chi connectivity index (χ1n) is 9.64. The number of amides is 1. The second-order valence-electron chi connectivity index (χ2n) is 7.05. The fourth-order valence-electron chi connectivity index (χ4n) is 3.68. The molecule has 6 heteroatoms. The van der Waals surface area contributed by atoms with Crippen LogP contribution in [0.25, 0.3) is 10.8 Å². The van der Waals surface area contributed by atoms with Crippen LogP contribution in [-0.4, -0.2) is 32.1 Å². The van der Waals surface area contributed by atoms with E-state index in [0.29, 0.717) is 31.9 Å². The highest BCUT2D eigenvalue weighted by Crippen LogP contribution is 2.21. The molecule has 2 aromatic heterocycles. The largest absolute Gasteiger partial charge is 0.487 e. The third kappa shape index (κ3) is 3.45. The van der Waals surface area contributed by atoms with E-state index in [-0.39, 0.29) is 5.91 Å². The third-order valence-corrected chi connectivity index (χ3v) is 5.15. The van der Waals surface area contributed by atoms with Crippen molar-refractivity contribution in [1.82, 2.24) is 19.7 Å². The van der Waals surface area contributed by atoms with Crippen LogP contribution in [0.1, 0.15) is 21.9 Å². The molecule has 0 saturated heterocycles. The summed E-state index contributed by atoms with van der Waals surface area (Å²) in [6.07, 6.45) is 1.80. The van der Waals surface area contributed by atoms with Crippen LogP contribution in [0.3, 0.4) is 0 Å². The zero-order valence-corrected chi connectivity index (χ0v) is 15.9. The van der Waals surface area contributed by atoms with Gasteiger partial charge in [0.05, 0.1) is 18.8 Å². The second kappa shape index (κ2) is 7.39. The van der Waals surface area contributed by atoms with Crippen LogP contribution in [0.2, 0.25) is 0 Å². The zero-order chi connectivity index (χ0) is 19.6. The zero-order valence-electron chi connectivity index (χ0n) is 15.9. The molecule has 0 atom stereocenters. The highest BCUT2D eigenvalue weighted by Gasteiger charge is 2.27. The maximum Gasteiger partial charge on any atom is 0.272 e. The number of fused-ring (bicyclic) bond motifs is 2. The number of rotatable bonds is 5. The molecule has 0 unspecified atom stereocenters. The Labute approximate surface area is 168 Å². The lowest BCUT2D eigenvalue weighted by Gasteiger charge is -2.27. The van der Waals surface area contributed by atoms with Crippen molar-refractivity contribution in [2.24, 2.45) is 0 Å². The highest BCUT2D eigenvalue weighted by molar-refractivity contribution is 5.93. The normalized spacial score (nSPS) is 13.5. The second-order valence-corrected chi connectivity index (χ2v) is 7.05. The van der Waals surface area contributed by atoms with Crippen LogP contribution in [0, 0.1) is 0 Å². The van der Waals surface area contributed by atoms with Gasteiger partial charge in [0.15, 0.2) is 0 Å². The lowest BCUT2D eigenvalue weighted by atomic mass is 10.1. The number of hydrogen-bond donors (Lipinski definition) is 0. The van der Waals surface area contributed by atoms with Crippen molar-refractivity contribution in [3.8, 4) is 5.75 Å². The molecule has 3 heterocycles. The van der Waals surface area contributed by atoms with E-state index in [1.54, 1.807) is 10.9 Å². The molecule has 0 radical (unpaired) electrons. The van der Waals surface area contributed by atoms with E-state index in [1.165, 1.54) is 0 Å². The molecular weight excluding hydrogens is 364 g/mol. The molecule has 1 aliphatic heterocycles. The molecule has 0 aliphatic carbocycles. The number of pyridine rings is 1. The maximum atomic E-state index is 13.0. The van der Waals surface area contributed by atoms with Gasteiger partial charge in [0, 0.05) is 18.1 Å². The molecule has 4 aromatic rings. The summed E-state index contributed by atoms with van der Waals surface area (Å²) < 4.78 is 7.54. The van der Waals surface area contributed by atoms with Gasteiger partial charge in [-0.1, -0.05) is 42.5 Å². The maximum absolute atomic E-state index is 13.0. The lowest BCUT2D eigenvalue weighted by molar-refractivity contribution is 0.0682. The molecule has 29 heavy (non-hydrogen) atoms. The summed E-state index contributed by atoms with van der Waals surface area (Å²) in [5, 5.41) is 6.75. The van der Waals surface area contributed by atoms with Crippen molar-refractivity contribution in [3.05, 3.63) is 90.0 Å². The van der Waals surface area contributed by atoms with Gasteiger partial charge in [0.25, 0.3) is 5.91 Å². The Morgan fingerprint density at radius 3 is 2.69 bits per heavy atom. The molecule has 2 aromatic carbocycles. The summed E-state index contributed by atoms with van der Waals surface area (Å²) in [7, 11) is 0. The predicted octanol–water partition coefficient (Wildman–Crippen LogP) is 3.67. The Morgan fingerprint density at radius 1 is 0.966 bits per heavy atom. The van der Waals surface area contributed by atoms with Gasteiger partial charge in [-0.15, -0.1) is 0 Å². The lowest BCUT2D eigenvalue weighted by Crippen LogP contribution is -2.40. The molecule has 5 rings (SSSR count). The highest BCUT2D eigenvalue weighted by atomic mass is 16.5. The molecule has 0 fully saturated rings. The number of para-hydroxylation sites is 1. The molecular formula is C23H20N4O2. The van der Waals surface area contributed by atoms with Crippen molar-refractivity contribution in [2.45, 2.75) is 19.7 Å². The molecule has 0 N–H and O–H groups in total. The molecule has 0 saturated carbocycles. The van der Waals surface area contributed by atoms with E-state index in [1.807, 2.05) is 59.5 Å². The summed E-state index contributed by atoms with van der Waals surface area (Å²) in [6, 6.07) is 21.5.